The molecule has 0 amide bonds. The second-order valence-electron chi connectivity index (χ2n) is 3.67. The average molecular weight is 318 g/mol. The Bertz CT molecular complexity index is 708. The Morgan fingerprint density at radius 2 is 2.10 bits per heavy atom. The number of rotatable bonds is 4. The highest BCUT2D eigenvalue weighted by Gasteiger charge is 2.24. The summed E-state index contributed by atoms with van der Waals surface area (Å²) in [6.07, 6.45) is 0. The van der Waals surface area contributed by atoms with Gasteiger partial charge in [0.05, 0.1) is 19.2 Å². The van der Waals surface area contributed by atoms with Gasteiger partial charge in [0.1, 0.15) is 23.1 Å². The van der Waals surface area contributed by atoms with Crippen molar-refractivity contribution in [3.63, 3.8) is 0 Å². The maximum Gasteiger partial charge on any atom is 0.320 e. The summed E-state index contributed by atoms with van der Waals surface area (Å²) in [5.74, 6) is 1.40. The molecule has 0 spiro atoms. The summed E-state index contributed by atoms with van der Waals surface area (Å²) in [7, 11) is -3.35. The molecule has 0 unspecified atom stereocenters. The lowest BCUT2D eigenvalue weighted by molar-refractivity contribution is -0.139. The monoisotopic (exact) mass is 318 g/mol. The number of carbonyl (C=O) groups is 1. The van der Waals surface area contributed by atoms with Crippen LogP contribution >= 0.6 is 0 Å². The van der Waals surface area contributed by atoms with Crippen molar-refractivity contribution in [2.75, 3.05) is 20.2 Å². The van der Waals surface area contributed by atoms with Crippen molar-refractivity contribution < 1.29 is 26.7 Å². The van der Waals surface area contributed by atoms with E-state index in [9.17, 15) is 22.0 Å². The molecular weight excluding hydrogens is 306 g/mol. The zero-order valence-electron chi connectivity index (χ0n) is 10.9. The molecular formula is C12H12F2N2O4S. The van der Waals surface area contributed by atoms with Crippen LogP contribution in [0.3, 0.4) is 0 Å². The highest BCUT2D eigenvalue weighted by atomic mass is 32.2. The van der Waals surface area contributed by atoms with Crippen LogP contribution in [-0.4, -0.2) is 34.6 Å². The molecule has 1 aromatic rings. The first-order valence-electron chi connectivity index (χ1n) is 5.56. The van der Waals surface area contributed by atoms with E-state index >= 15 is 0 Å². The van der Waals surface area contributed by atoms with Crippen LogP contribution in [0.1, 0.15) is 5.56 Å². The van der Waals surface area contributed by atoms with E-state index in [-0.39, 0.29) is 6.54 Å². The first-order chi connectivity index (χ1) is 9.81. The normalized spacial score (nSPS) is 10.7. The summed E-state index contributed by atoms with van der Waals surface area (Å²) >= 11 is 0. The fourth-order valence-electron chi connectivity index (χ4n) is 1.37. The van der Waals surface area contributed by atoms with Gasteiger partial charge in [0.15, 0.2) is 0 Å². The van der Waals surface area contributed by atoms with E-state index in [4.69, 9.17) is 5.73 Å². The Morgan fingerprint density at radius 3 is 2.67 bits per heavy atom. The summed E-state index contributed by atoms with van der Waals surface area (Å²) in [6.45, 7) is -0.813. The quantitative estimate of drug-likeness (QED) is 0.588. The van der Waals surface area contributed by atoms with Crippen LogP contribution in [0.2, 0.25) is 0 Å². The Kier molecular flexibility index (Phi) is 5.78. The molecule has 0 bridgehead atoms. The third-order valence-electron chi connectivity index (χ3n) is 2.24. The summed E-state index contributed by atoms with van der Waals surface area (Å²) in [6, 6.07) is 1.17. The van der Waals surface area contributed by atoms with E-state index in [1.807, 2.05) is 4.72 Å². The smallest absolute Gasteiger partial charge is 0.320 e. The maximum atomic E-state index is 13.8. The highest BCUT2D eigenvalue weighted by Crippen LogP contribution is 2.20. The Hall–Kier alpha value is -2.02. The molecule has 0 atom stereocenters. The molecule has 9 heteroatoms. The molecule has 0 aromatic heterocycles. The van der Waals surface area contributed by atoms with Crippen LogP contribution in [0.15, 0.2) is 17.0 Å². The molecule has 0 aliphatic carbocycles. The highest BCUT2D eigenvalue weighted by molar-refractivity contribution is 7.89. The molecule has 0 fully saturated rings. The molecule has 0 aliphatic rings. The van der Waals surface area contributed by atoms with Gasteiger partial charge in [-0.15, -0.1) is 0 Å². The number of benzene rings is 1. The summed E-state index contributed by atoms with van der Waals surface area (Å²) < 4.78 is 57.0. The molecule has 1 aromatic carbocycles. The third kappa shape index (κ3) is 4.49. The molecule has 21 heavy (non-hydrogen) atoms. The van der Waals surface area contributed by atoms with Gasteiger partial charge in [0, 0.05) is 6.07 Å². The number of hydrogen-bond donors (Lipinski definition) is 2. The second kappa shape index (κ2) is 7.12. The summed E-state index contributed by atoms with van der Waals surface area (Å²) in [5, 5.41) is 0. The van der Waals surface area contributed by atoms with E-state index in [1.54, 1.807) is 0 Å². The van der Waals surface area contributed by atoms with Crippen molar-refractivity contribution in [2.45, 2.75) is 4.90 Å². The van der Waals surface area contributed by atoms with Crippen molar-refractivity contribution in [3.05, 3.63) is 29.3 Å². The number of sulfonamides is 1. The maximum absolute atomic E-state index is 13.8. The molecule has 1 rings (SSSR count). The first-order valence-corrected chi connectivity index (χ1v) is 7.04. The summed E-state index contributed by atoms with van der Waals surface area (Å²) in [4.78, 5) is 10.1. The predicted octanol–water partition coefficient (Wildman–Crippen LogP) is -0.274. The average Bonchev–Trinajstić information content (AvgIpc) is 2.41. The van der Waals surface area contributed by atoms with E-state index in [1.165, 1.54) is 0 Å². The molecule has 3 N–H and O–H groups in total. The van der Waals surface area contributed by atoms with Gasteiger partial charge in [0.25, 0.3) is 0 Å². The molecule has 0 heterocycles. The van der Waals surface area contributed by atoms with E-state index in [0.717, 1.165) is 13.2 Å². The van der Waals surface area contributed by atoms with Crippen LogP contribution in [0.25, 0.3) is 0 Å². The lowest BCUT2D eigenvalue weighted by atomic mass is 10.2. The van der Waals surface area contributed by atoms with Gasteiger partial charge in [-0.1, -0.05) is 11.8 Å². The zero-order valence-corrected chi connectivity index (χ0v) is 11.8. The Morgan fingerprint density at radius 1 is 1.43 bits per heavy atom. The number of nitrogens with one attached hydrogen (secondary N) is 1. The molecule has 0 aliphatic heterocycles. The van der Waals surface area contributed by atoms with Gasteiger partial charge in [-0.2, -0.15) is 4.72 Å². The van der Waals surface area contributed by atoms with Gasteiger partial charge in [-0.25, -0.2) is 17.2 Å². The number of esters is 1. The number of halogens is 2. The van der Waals surface area contributed by atoms with Gasteiger partial charge < -0.3 is 10.5 Å². The standard InChI is InChI=1S/C12H12F2N2O4S/c1-20-11(17)7-16-21(18,19)12-8(3-2-4-15)5-9(13)6-10(12)14/h5-6,16H,4,7,15H2,1H3. The van der Waals surface area contributed by atoms with E-state index in [2.05, 4.69) is 16.6 Å². The predicted molar refractivity (Wildman–Crippen MR) is 69.5 cm³/mol. The number of nitrogens with two attached hydrogens (primary N) is 1. The van der Waals surface area contributed by atoms with Gasteiger partial charge in [0.2, 0.25) is 10.0 Å². The van der Waals surface area contributed by atoms with E-state index < -0.39 is 44.6 Å². The van der Waals surface area contributed by atoms with Gasteiger partial charge in [-0.05, 0) is 6.07 Å². The molecule has 114 valence electrons. The van der Waals surface area contributed by atoms with Crippen LogP contribution in [0.5, 0.6) is 0 Å². The van der Waals surface area contributed by atoms with Crippen LogP contribution < -0.4 is 10.5 Å². The first kappa shape index (κ1) is 17.0. The van der Waals surface area contributed by atoms with Crippen molar-refractivity contribution >= 4 is 16.0 Å². The fourth-order valence-corrected chi connectivity index (χ4v) is 2.54. The van der Waals surface area contributed by atoms with Crippen molar-refractivity contribution in [1.29, 1.82) is 0 Å². The number of hydrogen-bond acceptors (Lipinski definition) is 5. The van der Waals surface area contributed by atoms with Crippen molar-refractivity contribution in [1.82, 2.24) is 4.72 Å². The fraction of sp³-hybridized carbons (Fsp3) is 0.250. The van der Waals surface area contributed by atoms with Crippen LogP contribution in [0, 0.1) is 23.5 Å². The number of carbonyl (C=O) groups excluding carboxylic acids is 1. The minimum atomic E-state index is -4.41. The minimum absolute atomic E-state index is 0.118. The number of methoxy groups -OCH3 is 1. The topological polar surface area (TPSA) is 98.5 Å². The van der Waals surface area contributed by atoms with E-state index in [0.29, 0.717) is 6.07 Å². The Labute approximate surface area is 120 Å². The SMILES string of the molecule is COC(=O)CNS(=O)(=O)c1c(F)cc(F)cc1C#CCN. The van der Waals surface area contributed by atoms with Crippen molar-refractivity contribution in [2.24, 2.45) is 5.73 Å². The van der Waals surface area contributed by atoms with Crippen molar-refractivity contribution in [3.8, 4) is 11.8 Å². The van der Waals surface area contributed by atoms with Gasteiger partial charge in [-0.3, -0.25) is 4.79 Å². The summed E-state index contributed by atoms with van der Waals surface area (Å²) in [5.41, 5.74) is 4.75. The molecule has 0 saturated heterocycles. The molecule has 0 saturated carbocycles. The molecule has 6 nitrogen and oxygen atoms in total. The zero-order chi connectivity index (χ0) is 16.0. The Balaban J connectivity index is 3.30. The van der Waals surface area contributed by atoms with Gasteiger partial charge >= 0.3 is 5.97 Å². The third-order valence-corrected chi connectivity index (χ3v) is 3.71. The lowest BCUT2D eigenvalue weighted by Gasteiger charge is -2.09. The van der Waals surface area contributed by atoms with Crippen LogP contribution in [-0.2, 0) is 19.6 Å². The minimum Gasteiger partial charge on any atom is -0.468 e. The lowest BCUT2D eigenvalue weighted by Crippen LogP contribution is -2.31. The second-order valence-corrected chi connectivity index (χ2v) is 5.37. The number of ether oxygens (including phenoxy) is 1. The van der Waals surface area contributed by atoms with Crippen LogP contribution in [0.4, 0.5) is 8.78 Å². The largest absolute Gasteiger partial charge is 0.468 e. The molecule has 0 radical (unpaired) electrons.